The van der Waals surface area contributed by atoms with E-state index in [0.29, 0.717) is 5.82 Å². The third-order valence-corrected chi connectivity index (χ3v) is 3.16. The number of anilines is 1. The molecular formula is C12H13N3S. The van der Waals surface area contributed by atoms with Crippen molar-refractivity contribution in [1.82, 2.24) is 10.2 Å². The van der Waals surface area contributed by atoms with E-state index >= 15 is 0 Å². The Bertz CT molecular complexity index is 405. The minimum absolute atomic E-state index is 0.458. The molecule has 1 aromatic heterocycles. The van der Waals surface area contributed by atoms with Gasteiger partial charge in [-0.15, -0.1) is 10.2 Å². The van der Waals surface area contributed by atoms with Crippen molar-refractivity contribution in [2.75, 3.05) is 5.73 Å². The van der Waals surface area contributed by atoms with Crippen molar-refractivity contribution < 1.29 is 0 Å². The molecule has 16 heavy (non-hydrogen) atoms. The molecule has 0 aliphatic heterocycles. The van der Waals surface area contributed by atoms with Gasteiger partial charge in [0.15, 0.2) is 0 Å². The van der Waals surface area contributed by atoms with Gasteiger partial charge in [-0.2, -0.15) is 0 Å². The standard InChI is InChI=1S/C12H13N3S/c1-9-2-4-10(5-3-9)8-16-12-7-6-11(13)14-15-12/h2-7H,8H2,1H3,(H2,13,14). The maximum atomic E-state index is 5.47. The first-order chi connectivity index (χ1) is 7.74. The first-order valence-corrected chi connectivity index (χ1v) is 6.00. The number of nitrogens with two attached hydrogens (primary N) is 1. The summed E-state index contributed by atoms with van der Waals surface area (Å²) in [6.07, 6.45) is 0. The molecule has 0 spiro atoms. The second-order valence-corrected chi connectivity index (χ2v) is 4.57. The molecule has 4 heteroatoms. The normalized spacial score (nSPS) is 10.3. The Kier molecular flexibility index (Phi) is 3.41. The second-order valence-electron chi connectivity index (χ2n) is 3.57. The van der Waals surface area contributed by atoms with E-state index < -0.39 is 0 Å². The summed E-state index contributed by atoms with van der Waals surface area (Å²) in [5, 5.41) is 8.71. The fourth-order valence-electron chi connectivity index (χ4n) is 1.25. The molecular weight excluding hydrogens is 218 g/mol. The smallest absolute Gasteiger partial charge is 0.146 e. The van der Waals surface area contributed by atoms with Gasteiger partial charge in [-0.1, -0.05) is 41.6 Å². The van der Waals surface area contributed by atoms with E-state index in [0.717, 1.165) is 10.8 Å². The van der Waals surface area contributed by atoms with Crippen molar-refractivity contribution in [2.24, 2.45) is 0 Å². The van der Waals surface area contributed by atoms with E-state index in [1.807, 2.05) is 6.07 Å². The van der Waals surface area contributed by atoms with Crippen LogP contribution in [0.15, 0.2) is 41.4 Å². The van der Waals surface area contributed by atoms with Crippen molar-refractivity contribution in [3.05, 3.63) is 47.5 Å². The van der Waals surface area contributed by atoms with Crippen LogP contribution in [0.1, 0.15) is 11.1 Å². The average Bonchev–Trinajstić information content (AvgIpc) is 2.30. The number of aryl methyl sites for hydroxylation is 1. The average molecular weight is 231 g/mol. The van der Waals surface area contributed by atoms with Gasteiger partial charge in [-0.25, -0.2) is 0 Å². The lowest BCUT2D eigenvalue weighted by Gasteiger charge is -2.01. The molecule has 0 unspecified atom stereocenters. The molecule has 1 aromatic carbocycles. The predicted octanol–water partition coefficient (Wildman–Crippen LogP) is 2.66. The monoisotopic (exact) mass is 231 g/mol. The minimum Gasteiger partial charge on any atom is -0.382 e. The summed E-state index contributed by atoms with van der Waals surface area (Å²) in [4.78, 5) is 0. The van der Waals surface area contributed by atoms with Crippen LogP contribution in [0.25, 0.3) is 0 Å². The molecule has 2 N–H and O–H groups in total. The third-order valence-electron chi connectivity index (χ3n) is 2.17. The molecule has 0 aliphatic carbocycles. The van der Waals surface area contributed by atoms with E-state index in [4.69, 9.17) is 5.73 Å². The fraction of sp³-hybridized carbons (Fsp3) is 0.167. The summed E-state index contributed by atoms with van der Waals surface area (Å²) in [5.41, 5.74) is 8.03. The summed E-state index contributed by atoms with van der Waals surface area (Å²) >= 11 is 1.66. The molecule has 0 aliphatic rings. The van der Waals surface area contributed by atoms with Crippen LogP contribution in [0.4, 0.5) is 5.82 Å². The lowest BCUT2D eigenvalue weighted by Crippen LogP contribution is -1.93. The lowest BCUT2D eigenvalue weighted by atomic mass is 10.2. The van der Waals surface area contributed by atoms with Gasteiger partial charge in [0.05, 0.1) is 0 Å². The molecule has 0 atom stereocenters. The maximum Gasteiger partial charge on any atom is 0.146 e. The van der Waals surface area contributed by atoms with E-state index in [1.165, 1.54) is 11.1 Å². The van der Waals surface area contributed by atoms with E-state index in [1.54, 1.807) is 17.8 Å². The molecule has 0 saturated heterocycles. The number of benzene rings is 1. The molecule has 1 heterocycles. The SMILES string of the molecule is Cc1ccc(CSc2ccc(N)nn2)cc1. The van der Waals surface area contributed by atoms with E-state index in [9.17, 15) is 0 Å². The van der Waals surface area contributed by atoms with Gasteiger partial charge in [0.25, 0.3) is 0 Å². The molecule has 0 radical (unpaired) electrons. The molecule has 2 aromatic rings. The zero-order valence-electron chi connectivity index (χ0n) is 9.05. The molecule has 0 saturated carbocycles. The van der Waals surface area contributed by atoms with Crippen molar-refractivity contribution in [1.29, 1.82) is 0 Å². The quantitative estimate of drug-likeness (QED) is 0.825. The van der Waals surface area contributed by atoms with Gasteiger partial charge in [-0.05, 0) is 24.6 Å². The van der Waals surface area contributed by atoms with Crippen LogP contribution in [-0.2, 0) is 5.75 Å². The van der Waals surface area contributed by atoms with Crippen molar-refractivity contribution in [3.63, 3.8) is 0 Å². The highest BCUT2D eigenvalue weighted by atomic mass is 32.2. The van der Waals surface area contributed by atoms with Crippen LogP contribution in [0.2, 0.25) is 0 Å². The van der Waals surface area contributed by atoms with Crippen molar-refractivity contribution >= 4 is 17.6 Å². The Balaban J connectivity index is 1.97. The fourth-order valence-corrected chi connectivity index (χ4v) is 2.02. The first-order valence-electron chi connectivity index (χ1n) is 5.01. The maximum absolute atomic E-state index is 5.47. The number of thioether (sulfide) groups is 1. The van der Waals surface area contributed by atoms with E-state index in [2.05, 4.69) is 41.4 Å². The third kappa shape index (κ3) is 2.97. The highest BCUT2D eigenvalue weighted by molar-refractivity contribution is 7.98. The Morgan fingerprint density at radius 2 is 1.81 bits per heavy atom. The molecule has 0 fully saturated rings. The molecule has 2 rings (SSSR count). The van der Waals surface area contributed by atoms with Crippen LogP contribution < -0.4 is 5.73 Å². The lowest BCUT2D eigenvalue weighted by molar-refractivity contribution is 0.938. The number of hydrogen-bond acceptors (Lipinski definition) is 4. The molecule has 0 bridgehead atoms. The van der Waals surface area contributed by atoms with Crippen molar-refractivity contribution in [2.45, 2.75) is 17.7 Å². The zero-order valence-corrected chi connectivity index (χ0v) is 9.87. The van der Waals surface area contributed by atoms with Crippen molar-refractivity contribution in [3.8, 4) is 0 Å². The van der Waals surface area contributed by atoms with Gasteiger partial charge in [0.2, 0.25) is 0 Å². The minimum atomic E-state index is 0.458. The van der Waals surface area contributed by atoms with Gasteiger partial charge in [0.1, 0.15) is 10.8 Å². The summed E-state index contributed by atoms with van der Waals surface area (Å²) in [5.74, 6) is 1.36. The summed E-state index contributed by atoms with van der Waals surface area (Å²) in [6.45, 7) is 2.09. The van der Waals surface area contributed by atoms with Crippen LogP contribution in [0.3, 0.4) is 0 Å². The Labute approximate surface area is 99.1 Å². The Morgan fingerprint density at radius 1 is 1.06 bits per heavy atom. The second kappa shape index (κ2) is 4.99. The van der Waals surface area contributed by atoms with Crippen LogP contribution >= 0.6 is 11.8 Å². The van der Waals surface area contributed by atoms with Crippen LogP contribution in [-0.4, -0.2) is 10.2 Å². The van der Waals surface area contributed by atoms with Gasteiger partial charge < -0.3 is 5.73 Å². The number of hydrogen-bond donors (Lipinski definition) is 1. The topological polar surface area (TPSA) is 51.8 Å². The highest BCUT2D eigenvalue weighted by Gasteiger charge is 1.98. The molecule has 0 amide bonds. The first kappa shape index (κ1) is 11.0. The Hall–Kier alpha value is -1.55. The number of rotatable bonds is 3. The number of nitrogen functional groups attached to an aromatic ring is 1. The molecule has 3 nitrogen and oxygen atoms in total. The van der Waals surface area contributed by atoms with Gasteiger partial charge in [-0.3, -0.25) is 0 Å². The largest absolute Gasteiger partial charge is 0.382 e. The number of nitrogens with zero attached hydrogens (tertiary/aromatic N) is 2. The zero-order chi connectivity index (χ0) is 11.4. The molecule has 82 valence electrons. The van der Waals surface area contributed by atoms with Gasteiger partial charge in [0, 0.05) is 5.75 Å². The van der Waals surface area contributed by atoms with Crippen LogP contribution in [0.5, 0.6) is 0 Å². The predicted molar refractivity (Wildman–Crippen MR) is 67.2 cm³/mol. The summed E-state index contributed by atoms with van der Waals surface area (Å²) in [6, 6.07) is 12.2. The summed E-state index contributed by atoms with van der Waals surface area (Å²) in [7, 11) is 0. The summed E-state index contributed by atoms with van der Waals surface area (Å²) < 4.78 is 0. The van der Waals surface area contributed by atoms with E-state index in [-0.39, 0.29) is 0 Å². The van der Waals surface area contributed by atoms with Crippen LogP contribution in [0, 0.1) is 6.92 Å². The van der Waals surface area contributed by atoms with Gasteiger partial charge >= 0.3 is 0 Å². The highest BCUT2D eigenvalue weighted by Crippen LogP contribution is 2.20. The number of aromatic nitrogens is 2. The Morgan fingerprint density at radius 3 is 2.44 bits per heavy atom.